The number of H-pyrrole nitrogens is 1. The minimum absolute atomic E-state index is 0.0211. The van der Waals surface area contributed by atoms with Gasteiger partial charge in [0.2, 0.25) is 0 Å². The summed E-state index contributed by atoms with van der Waals surface area (Å²) in [5.41, 5.74) is 6.91. The zero-order valence-electron chi connectivity index (χ0n) is 16.5. The normalized spacial score (nSPS) is 10.4. The van der Waals surface area contributed by atoms with Crippen molar-refractivity contribution < 1.29 is 38.1 Å². The molecule has 0 aliphatic rings. The number of methoxy groups -OCH3 is 3. The van der Waals surface area contributed by atoms with Gasteiger partial charge >= 0.3 is 23.9 Å². The summed E-state index contributed by atoms with van der Waals surface area (Å²) in [6.07, 6.45) is 0. The molecule has 2 heterocycles. The molecule has 11 heteroatoms. The van der Waals surface area contributed by atoms with Gasteiger partial charge in [-0.3, -0.25) is 0 Å². The Bertz CT molecular complexity index is 989. The summed E-state index contributed by atoms with van der Waals surface area (Å²) in [7, 11) is 3.56. The van der Waals surface area contributed by atoms with Crippen molar-refractivity contribution >= 4 is 40.2 Å². The number of ether oxygens (including phenoxy) is 4. The van der Waals surface area contributed by atoms with Crippen LogP contribution in [-0.2, 0) is 25.6 Å². The van der Waals surface area contributed by atoms with E-state index < -0.39 is 30.5 Å². The molecule has 2 aromatic rings. The van der Waals surface area contributed by atoms with Gasteiger partial charge in [-0.25, -0.2) is 19.2 Å². The maximum atomic E-state index is 12.6. The third-order valence-corrected chi connectivity index (χ3v) is 5.21. The Kier molecular flexibility index (Phi) is 6.64. The number of aromatic amines is 1. The molecule has 0 saturated carbocycles. The molecule has 3 N–H and O–H groups in total. The van der Waals surface area contributed by atoms with Gasteiger partial charge in [-0.2, -0.15) is 0 Å². The molecule has 0 amide bonds. The lowest BCUT2D eigenvalue weighted by molar-refractivity contribution is 0.0446. The smallest absolute Gasteiger partial charge is 0.355 e. The van der Waals surface area contributed by atoms with Crippen molar-refractivity contribution in [3.05, 3.63) is 38.5 Å². The number of hydrogen-bond donors (Lipinski definition) is 2. The van der Waals surface area contributed by atoms with Crippen LogP contribution >= 0.6 is 11.3 Å². The zero-order chi connectivity index (χ0) is 21.9. The predicted molar refractivity (Wildman–Crippen MR) is 102 cm³/mol. The topological polar surface area (TPSA) is 147 Å². The molecule has 0 unspecified atom stereocenters. The van der Waals surface area contributed by atoms with Gasteiger partial charge < -0.3 is 29.7 Å². The summed E-state index contributed by atoms with van der Waals surface area (Å²) in [4.78, 5) is 51.3. The number of carbonyl (C=O) groups excluding carboxylic acids is 4. The first-order valence-electron chi connectivity index (χ1n) is 8.20. The van der Waals surface area contributed by atoms with Crippen LogP contribution in [0, 0.1) is 13.8 Å². The first-order valence-corrected chi connectivity index (χ1v) is 9.01. The number of aryl methyl sites for hydroxylation is 1. The zero-order valence-corrected chi connectivity index (χ0v) is 17.3. The summed E-state index contributed by atoms with van der Waals surface area (Å²) in [5.74, 6) is -2.90. The summed E-state index contributed by atoms with van der Waals surface area (Å²) >= 11 is 0.824. The van der Waals surface area contributed by atoms with Crippen molar-refractivity contribution in [1.82, 2.24) is 4.98 Å². The molecule has 2 rings (SSSR count). The quantitative estimate of drug-likeness (QED) is 0.525. The van der Waals surface area contributed by atoms with E-state index in [-0.39, 0.29) is 32.3 Å². The third-order valence-electron chi connectivity index (χ3n) is 4.17. The Hall–Kier alpha value is -3.34. The SMILES string of the molecule is COC(=O)c1sc(N)c(C(=O)OC)c1COC(=O)c1[nH]c(C)c(C(=O)OC)c1C. The second kappa shape index (κ2) is 8.78. The van der Waals surface area contributed by atoms with E-state index in [1.54, 1.807) is 13.8 Å². The standard InChI is InChI=1S/C18H20N2O8S/c1-7-10(15(21)25-3)8(2)20-12(7)17(23)28-6-9-11(16(22)26-4)14(19)29-13(9)18(24)27-5/h20H,6,19H2,1-5H3. The van der Waals surface area contributed by atoms with Crippen LogP contribution in [0.15, 0.2) is 0 Å². The fraction of sp³-hybridized carbons (Fsp3) is 0.333. The molecule has 0 radical (unpaired) electrons. The Balaban J connectivity index is 2.37. The highest BCUT2D eigenvalue weighted by Crippen LogP contribution is 2.33. The number of nitrogens with one attached hydrogen (secondary N) is 1. The number of nitrogens with two attached hydrogens (primary N) is 1. The molecule has 0 fully saturated rings. The van der Waals surface area contributed by atoms with Crippen LogP contribution in [0.4, 0.5) is 5.00 Å². The van der Waals surface area contributed by atoms with Gasteiger partial charge in [-0.15, -0.1) is 11.3 Å². The van der Waals surface area contributed by atoms with Crippen molar-refractivity contribution in [3.63, 3.8) is 0 Å². The highest BCUT2D eigenvalue weighted by molar-refractivity contribution is 7.18. The molecule has 0 saturated heterocycles. The van der Waals surface area contributed by atoms with E-state index in [0.29, 0.717) is 11.3 Å². The average molecular weight is 424 g/mol. The lowest BCUT2D eigenvalue weighted by Gasteiger charge is -2.08. The van der Waals surface area contributed by atoms with E-state index in [1.807, 2.05) is 0 Å². The Morgan fingerprint density at radius 2 is 1.45 bits per heavy atom. The molecule has 29 heavy (non-hydrogen) atoms. The van der Waals surface area contributed by atoms with Crippen LogP contribution in [0.3, 0.4) is 0 Å². The van der Waals surface area contributed by atoms with Crippen LogP contribution in [0.25, 0.3) is 0 Å². The number of esters is 4. The van der Waals surface area contributed by atoms with Gasteiger partial charge in [-0.05, 0) is 19.4 Å². The number of aromatic nitrogens is 1. The fourth-order valence-corrected chi connectivity index (χ4v) is 3.76. The van der Waals surface area contributed by atoms with Gasteiger partial charge in [0.15, 0.2) is 0 Å². The highest BCUT2D eigenvalue weighted by atomic mass is 32.1. The van der Waals surface area contributed by atoms with Crippen molar-refractivity contribution in [1.29, 1.82) is 0 Å². The van der Waals surface area contributed by atoms with Gasteiger partial charge in [0.25, 0.3) is 0 Å². The van der Waals surface area contributed by atoms with Crippen LogP contribution in [0.5, 0.6) is 0 Å². The number of hydrogen-bond acceptors (Lipinski definition) is 10. The van der Waals surface area contributed by atoms with Crippen LogP contribution in [0.1, 0.15) is 57.7 Å². The fourth-order valence-electron chi connectivity index (χ4n) is 2.78. The van der Waals surface area contributed by atoms with Crippen LogP contribution in [0.2, 0.25) is 0 Å². The monoisotopic (exact) mass is 424 g/mol. The van der Waals surface area contributed by atoms with Crippen molar-refractivity contribution in [2.24, 2.45) is 0 Å². The molecule has 156 valence electrons. The number of anilines is 1. The molecule has 0 spiro atoms. The molecule has 0 atom stereocenters. The predicted octanol–water partition coefficient (Wildman–Crippen LogP) is 1.99. The van der Waals surface area contributed by atoms with Crippen molar-refractivity contribution in [2.75, 3.05) is 27.1 Å². The number of rotatable bonds is 6. The highest BCUT2D eigenvalue weighted by Gasteiger charge is 2.29. The van der Waals surface area contributed by atoms with Gasteiger partial charge in [0.05, 0.1) is 26.9 Å². The molecule has 0 aliphatic heterocycles. The lowest BCUT2D eigenvalue weighted by Crippen LogP contribution is -2.13. The molecule has 0 aliphatic carbocycles. The molecule has 0 aromatic carbocycles. The van der Waals surface area contributed by atoms with Crippen molar-refractivity contribution in [2.45, 2.75) is 20.5 Å². The summed E-state index contributed by atoms with van der Waals surface area (Å²) in [6.45, 7) is 2.74. The second-order valence-corrected chi connectivity index (χ2v) is 6.88. The molecule has 0 bridgehead atoms. The molecule has 10 nitrogen and oxygen atoms in total. The summed E-state index contributed by atoms with van der Waals surface area (Å²) in [6, 6.07) is 0. The minimum atomic E-state index is -0.794. The van der Waals surface area contributed by atoms with Gasteiger partial charge in [0.1, 0.15) is 27.7 Å². The van der Waals surface area contributed by atoms with Gasteiger partial charge in [0, 0.05) is 11.3 Å². The number of nitrogen functional groups attached to an aromatic ring is 1. The first-order chi connectivity index (χ1) is 13.7. The third kappa shape index (κ3) is 4.09. The van der Waals surface area contributed by atoms with E-state index in [0.717, 1.165) is 18.4 Å². The molecule has 2 aromatic heterocycles. The van der Waals surface area contributed by atoms with Crippen molar-refractivity contribution in [3.8, 4) is 0 Å². The molecular formula is C18H20N2O8S. The van der Waals surface area contributed by atoms with Crippen LogP contribution in [-0.4, -0.2) is 50.2 Å². The summed E-state index contributed by atoms with van der Waals surface area (Å²) in [5, 5.41) is 0.0307. The number of carbonyl (C=O) groups is 4. The average Bonchev–Trinajstić information content (AvgIpc) is 3.20. The van der Waals surface area contributed by atoms with E-state index in [9.17, 15) is 19.2 Å². The maximum absolute atomic E-state index is 12.6. The van der Waals surface area contributed by atoms with E-state index in [2.05, 4.69) is 4.98 Å². The Morgan fingerprint density at radius 3 is 2.00 bits per heavy atom. The van der Waals surface area contributed by atoms with E-state index >= 15 is 0 Å². The Labute approximate surface area is 169 Å². The summed E-state index contributed by atoms with van der Waals surface area (Å²) < 4.78 is 19.4. The second-order valence-electron chi connectivity index (χ2n) is 5.82. The van der Waals surface area contributed by atoms with E-state index in [1.165, 1.54) is 14.2 Å². The number of thiophene rings is 1. The van der Waals surface area contributed by atoms with E-state index in [4.69, 9.17) is 24.7 Å². The lowest BCUT2D eigenvalue weighted by atomic mass is 10.1. The van der Waals surface area contributed by atoms with Crippen LogP contribution < -0.4 is 5.73 Å². The first kappa shape index (κ1) is 22.0. The largest absolute Gasteiger partial charge is 0.465 e. The Morgan fingerprint density at radius 1 is 0.897 bits per heavy atom. The van der Waals surface area contributed by atoms with Gasteiger partial charge in [-0.1, -0.05) is 0 Å². The minimum Gasteiger partial charge on any atom is -0.465 e. The maximum Gasteiger partial charge on any atom is 0.355 e. The molecular weight excluding hydrogens is 404 g/mol.